The first-order valence-corrected chi connectivity index (χ1v) is 9.96. The van der Waals surface area contributed by atoms with Gasteiger partial charge < -0.3 is 24.3 Å². The lowest BCUT2D eigenvalue weighted by molar-refractivity contribution is -0.118. The summed E-state index contributed by atoms with van der Waals surface area (Å²) in [7, 11) is 3.10. The van der Waals surface area contributed by atoms with Crippen LogP contribution in [0.3, 0.4) is 0 Å². The first-order valence-electron chi connectivity index (χ1n) is 9.96. The SMILES string of the molecule is COc1ccccc1C(=O)NC1CCN(c2ccc(-n3cnc(C)c3)c(OC)c2)C1=O. The number of rotatable bonds is 6. The third-order valence-electron chi connectivity index (χ3n) is 5.33. The maximum absolute atomic E-state index is 13.0. The third kappa shape index (κ3) is 3.96. The molecule has 3 aromatic rings. The van der Waals surface area contributed by atoms with E-state index in [0.717, 1.165) is 17.1 Å². The van der Waals surface area contributed by atoms with Gasteiger partial charge in [-0.3, -0.25) is 9.59 Å². The fourth-order valence-corrected chi connectivity index (χ4v) is 3.74. The van der Waals surface area contributed by atoms with Crippen molar-refractivity contribution in [1.82, 2.24) is 14.9 Å². The molecule has 1 aliphatic heterocycles. The van der Waals surface area contributed by atoms with Crippen LogP contribution in [0.1, 0.15) is 22.5 Å². The molecule has 0 spiro atoms. The first-order chi connectivity index (χ1) is 15.0. The van der Waals surface area contributed by atoms with E-state index in [9.17, 15) is 9.59 Å². The van der Waals surface area contributed by atoms with E-state index in [1.54, 1.807) is 42.6 Å². The van der Waals surface area contributed by atoms with Gasteiger partial charge >= 0.3 is 0 Å². The van der Waals surface area contributed by atoms with E-state index in [1.165, 1.54) is 7.11 Å². The molecule has 1 fully saturated rings. The van der Waals surface area contributed by atoms with Crippen molar-refractivity contribution in [2.75, 3.05) is 25.7 Å². The van der Waals surface area contributed by atoms with Crippen LogP contribution >= 0.6 is 0 Å². The molecule has 0 aliphatic carbocycles. The molecule has 1 aliphatic rings. The van der Waals surface area contributed by atoms with Crippen LogP contribution in [0, 0.1) is 6.92 Å². The van der Waals surface area contributed by atoms with E-state index < -0.39 is 6.04 Å². The van der Waals surface area contributed by atoms with Gasteiger partial charge in [0.25, 0.3) is 5.91 Å². The monoisotopic (exact) mass is 420 g/mol. The van der Waals surface area contributed by atoms with Gasteiger partial charge in [-0.25, -0.2) is 4.98 Å². The number of carbonyl (C=O) groups is 2. The average Bonchev–Trinajstić information content (AvgIpc) is 3.38. The standard InChI is InChI=1S/C23H24N4O4/c1-15-13-26(14-24-15)19-9-8-16(12-21(19)31-3)27-11-10-18(23(27)29)25-22(28)17-6-4-5-7-20(17)30-2/h4-9,12-14,18H,10-11H2,1-3H3,(H,25,28). The minimum atomic E-state index is -0.598. The zero-order chi connectivity index (χ0) is 22.0. The number of imidazole rings is 1. The number of amides is 2. The smallest absolute Gasteiger partial charge is 0.255 e. The molecular weight excluding hydrogens is 396 g/mol. The molecule has 0 radical (unpaired) electrons. The fraction of sp³-hybridized carbons (Fsp3) is 0.261. The molecule has 8 nitrogen and oxygen atoms in total. The van der Waals surface area contributed by atoms with Crippen LogP contribution in [-0.2, 0) is 4.79 Å². The van der Waals surface area contributed by atoms with Crippen molar-refractivity contribution in [2.24, 2.45) is 0 Å². The number of para-hydroxylation sites is 1. The minimum absolute atomic E-state index is 0.156. The molecule has 8 heteroatoms. The highest BCUT2D eigenvalue weighted by atomic mass is 16.5. The lowest BCUT2D eigenvalue weighted by Gasteiger charge is -2.19. The third-order valence-corrected chi connectivity index (χ3v) is 5.33. The molecule has 2 heterocycles. The van der Waals surface area contributed by atoms with Gasteiger partial charge in [-0.05, 0) is 37.6 Å². The molecule has 31 heavy (non-hydrogen) atoms. The molecule has 1 atom stereocenters. The van der Waals surface area contributed by atoms with Gasteiger partial charge in [-0.1, -0.05) is 12.1 Å². The van der Waals surface area contributed by atoms with Crippen molar-refractivity contribution in [2.45, 2.75) is 19.4 Å². The zero-order valence-electron chi connectivity index (χ0n) is 17.7. The Bertz CT molecular complexity index is 1120. The van der Waals surface area contributed by atoms with Gasteiger partial charge in [-0.2, -0.15) is 0 Å². The van der Waals surface area contributed by atoms with Gasteiger partial charge in [-0.15, -0.1) is 0 Å². The number of aryl methyl sites for hydroxylation is 1. The minimum Gasteiger partial charge on any atom is -0.496 e. The predicted octanol–water partition coefficient (Wildman–Crippen LogP) is 2.73. The number of nitrogens with zero attached hydrogens (tertiary/aromatic N) is 3. The topological polar surface area (TPSA) is 85.7 Å². The van der Waals surface area contributed by atoms with E-state index in [2.05, 4.69) is 10.3 Å². The second-order valence-electron chi connectivity index (χ2n) is 7.28. The van der Waals surface area contributed by atoms with Crippen LogP contribution in [-0.4, -0.2) is 48.2 Å². The highest BCUT2D eigenvalue weighted by Crippen LogP contribution is 2.31. The lowest BCUT2D eigenvalue weighted by atomic mass is 10.1. The average molecular weight is 420 g/mol. The number of methoxy groups -OCH3 is 2. The van der Waals surface area contributed by atoms with Crippen LogP contribution in [0.5, 0.6) is 11.5 Å². The van der Waals surface area contributed by atoms with Gasteiger partial charge in [0.15, 0.2) is 0 Å². The Hall–Kier alpha value is -3.81. The fourth-order valence-electron chi connectivity index (χ4n) is 3.74. The van der Waals surface area contributed by atoms with Gasteiger partial charge in [0.2, 0.25) is 5.91 Å². The Balaban J connectivity index is 1.52. The second kappa shape index (κ2) is 8.51. The molecule has 2 amide bonds. The number of aromatic nitrogens is 2. The number of hydrogen-bond acceptors (Lipinski definition) is 5. The maximum atomic E-state index is 13.0. The van der Waals surface area contributed by atoms with E-state index in [1.807, 2.05) is 35.9 Å². The number of hydrogen-bond donors (Lipinski definition) is 1. The molecule has 1 N–H and O–H groups in total. The number of ether oxygens (including phenoxy) is 2. The Morgan fingerprint density at radius 3 is 2.61 bits per heavy atom. The normalized spacial score (nSPS) is 15.8. The molecule has 0 saturated carbocycles. The molecule has 1 saturated heterocycles. The highest BCUT2D eigenvalue weighted by Gasteiger charge is 2.34. The summed E-state index contributed by atoms with van der Waals surface area (Å²) in [4.78, 5) is 31.6. The first kappa shape index (κ1) is 20.5. The summed E-state index contributed by atoms with van der Waals surface area (Å²) >= 11 is 0. The molecule has 1 unspecified atom stereocenters. The summed E-state index contributed by atoms with van der Waals surface area (Å²) < 4.78 is 12.7. The van der Waals surface area contributed by atoms with Crippen molar-refractivity contribution in [3.05, 3.63) is 66.2 Å². The van der Waals surface area contributed by atoms with Crippen LogP contribution < -0.4 is 19.7 Å². The van der Waals surface area contributed by atoms with Crippen LogP contribution in [0.4, 0.5) is 5.69 Å². The van der Waals surface area contributed by atoms with Gasteiger partial charge in [0.05, 0.1) is 37.5 Å². The van der Waals surface area contributed by atoms with Crippen molar-refractivity contribution in [3.63, 3.8) is 0 Å². The predicted molar refractivity (Wildman–Crippen MR) is 116 cm³/mol. The molecular formula is C23H24N4O4. The van der Waals surface area contributed by atoms with Crippen LogP contribution in [0.25, 0.3) is 5.69 Å². The molecule has 2 aromatic carbocycles. The summed E-state index contributed by atoms with van der Waals surface area (Å²) in [5, 5.41) is 2.83. The summed E-state index contributed by atoms with van der Waals surface area (Å²) in [6.07, 6.45) is 4.14. The van der Waals surface area contributed by atoms with E-state index >= 15 is 0 Å². The number of carbonyl (C=O) groups excluding carboxylic acids is 2. The molecule has 1 aromatic heterocycles. The molecule has 4 rings (SSSR count). The van der Waals surface area contributed by atoms with Crippen molar-refractivity contribution in [3.8, 4) is 17.2 Å². The van der Waals surface area contributed by atoms with Crippen molar-refractivity contribution < 1.29 is 19.1 Å². The Morgan fingerprint density at radius 1 is 1.13 bits per heavy atom. The largest absolute Gasteiger partial charge is 0.496 e. The molecule has 160 valence electrons. The summed E-state index contributed by atoms with van der Waals surface area (Å²) in [5.41, 5.74) is 2.85. The number of nitrogens with one attached hydrogen (secondary N) is 1. The van der Waals surface area contributed by atoms with Crippen molar-refractivity contribution in [1.29, 1.82) is 0 Å². The summed E-state index contributed by atoms with van der Waals surface area (Å²) in [5.74, 6) is 0.610. The summed E-state index contributed by atoms with van der Waals surface area (Å²) in [6, 6.07) is 11.9. The Kier molecular flexibility index (Phi) is 5.62. The quantitative estimate of drug-likeness (QED) is 0.663. The van der Waals surface area contributed by atoms with Crippen LogP contribution in [0.2, 0.25) is 0 Å². The lowest BCUT2D eigenvalue weighted by Crippen LogP contribution is -2.41. The summed E-state index contributed by atoms with van der Waals surface area (Å²) in [6.45, 7) is 2.42. The second-order valence-corrected chi connectivity index (χ2v) is 7.28. The van der Waals surface area contributed by atoms with E-state index in [-0.39, 0.29) is 11.8 Å². The number of anilines is 1. The highest BCUT2D eigenvalue weighted by molar-refractivity contribution is 6.04. The number of benzene rings is 2. The zero-order valence-corrected chi connectivity index (χ0v) is 17.7. The van der Waals surface area contributed by atoms with Crippen LogP contribution in [0.15, 0.2) is 55.0 Å². The van der Waals surface area contributed by atoms with E-state index in [4.69, 9.17) is 9.47 Å². The Labute approximate surface area is 180 Å². The van der Waals surface area contributed by atoms with Crippen molar-refractivity contribution >= 4 is 17.5 Å². The van der Waals surface area contributed by atoms with E-state index in [0.29, 0.717) is 30.0 Å². The maximum Gasteiger partial charge on any atom is 0.255 e. The molecule has 0 bridgehead atoms. The Morgan fingerprint density at radius 2 is 1.90 bits per heavy atom. The van der Waals surface area contributed by atoms with Gasteiger partial charge in [0, 0.05) is 24.5 Å². The van der Waals surface area contributed by atoms with Gasteiger partial charge in [0.1, 0.15) is 17.5 Å².